The molecule has 23 heavy (non-hydrogen) atoms. The summed E-state index contributed by atoms with van der Waals surface area (Å²) < 4.78 is 34.8. The Bertz CT molecular complexity index is 835. The first-order chi connectivity index (χ1) is 10.7. The quantitative estimate of drug-likeness (QED) is 0.895. The second kappa shape index (κ2) is 5.16. The first kappa shape index (κ1) is 15.7. The summed E-state index contributed by atoms with van der Waals surface area (Å²) in [7, 11) is -3.85. The van der Waals surface area contributed by atoms with Gasteiger partial charge in [0.15, 0.2) is 4.90 Å². The summed E-state index contributed by atoms with van der Waals surface area (Å²) in [5.74, 6) is 0.242. The van der Waals surface area contributed by atoms with E-state index in [1.807, 2.05) is 13.8 Å². The van der Waals surface area contributed by atoms with Crippen molar-refractivity contribution in [2.45, 2.75) is 32.2 Å². The molecule has 8 heteroatoms. The van der Waals surface area contributed by atoms with Gasteiger partial charge in [0.25, 0.3) is 10.0 Å². The number of anilines is 1. The molecule has 2 heterocycles. The lowest BCUT2D eigenvalue weighted by Gasteiger charge is -2.30. The van der Waals surface area contributed by atoms with Crippen LogP contribution in [0.1, 0.15) is 19.4 Å². The number of nitrogens with zero attached hydrogens (tertiary/aromatic N) is 2. The van der Waals surface area contributed by atoms with E-state index in [9.17, 15) is 13.5 Å². The summed E-state index contributed by atoms with van der Waals surface area (Å²) in [5, 5.41) is 13.7. The summed E-state index contributed by atoms with van der Waals surface area (Å²) in [6.07, 6.45) is 1.29. The molecule has 1 aromatic carbocycles. The fraction of sp³-hybridized carbons (Fsp3) is 0.400. The zero-order chi connectivity index (χ0) is 16.8. The van der Waals surface area contributed by atoms with Crippen LogP contribution in [0.3, 0.4) is 0 Å². The van der Waals surface area contributed by atoms with Gasteiger partial charge in [-0.15, -0.1) is 0 Å². The van der Waals surface area contributed by atoms with E-state index in [-0.39, 0.29) is 21.9 Å². The first-order valence-corrected chi connectivity index (χ1v) is 8.67. The number of aryl methyl sites for hydroxylation is 1. The van der Waals surface area contributed by atoms with Crippen molar-refractivity contribution in [1.82, 2.24) is 9.78 Å². The Kier molecular flexibility index (Phi) is 3.51. The Morgan fingerprint density at radius 3 is 2.78 bits per heavy atom. The fourth-order valence-corrected chi connectivity index (χ4v) is 3.66. The maximum absolute atomic E-state index is 12.6. The fourth-order valence-electron chi connectivity index (χ4n) is 2.55. The molecule has 1 aromatic heterocycles. The van der Waals surface area contributed by atoms with Gasteiger partial charge in [0.2, 0.25) is 5.88 Å². The number of hydrogen-bond acceptors (Lipinski definition) is 5. The minimum Gasteiger partial charge on any atom is -0.508 e. The van der Waals surface area contributed by atoms with E-state index in [1.165, 1.54) is 12.3 Å². The Balaban J connectivity index is 1.94. The third-order valence-corrected chi connectivity index (χ3v) is 4.90. The molecule has 2 N–H and O–H groups in total. The smallest absolute Gasteiger partial charge is 0.268 e. The lowest BCUT2D eigenvalue weighted by Crippen LogP contribution is -2.33. The SMILES string of the molecule is Cc1cc(O)cc(NS(=O)(=O)c2cnn3c2OCC(C)(C)C3)c1. The van der Waals surface area contributed by atoms with Gasteiger partial charge in [-0.25, -0.2) is 13.1 Å². The van der Waals surface area contributed by atoms with Crippen LogP contribution in [0.15, 0.2) is 29.3 Å². The lowest BCUT2D eigenvalue weighted by atomic mass is 9.94. The molecule has 0 saturated heterocycles. The number of sulfonamides is 1. The van der Waals surface area contributed by atoms with E-state index in [4.69, 9.17) is 4.74 Å². The van der Waals surface area contributed by atoms with Gasteiger partial charge in [0.1, 0.15) is 5.75 Å². The zero-order valence-electron chi connectivity index (χ0n) is 13.2. The molecule has 124 valence electrons. The third-order valence-electron chi connectivity index (χ3n) is 3.54. The van der Waals surface area contributed by atoms with Gasteiger partial charge < -0.3 is 9.84 Å². The van der Waals surface area contributed by atoms with Crippen LogP contribution in [0.4, 0.5) is 5.69 Å². The van der Waals surface area contributed by atoms with Crippen LogP contribution in [0.25, 0.3) is 0 Å². The van der Waals surface area contributed by atoms with Crippen LogP contribution in [0, 0.1) is 12.3 Å². The Hall–Kier alpha value is -2.22. The van der Waals surface area contributed by atoms with Crippen LogP contribution >= 0.6 is 0 Å². The van der Waals surface area contributed by atoms with Gasteiger partial charge in [-0.3, -0.25) is 4.72 Å². The van der Waals surface area contributed by atoms with Crippen molar-refractivity contribution in [3.05, 3.63) is 30.0 Å². The highest BCUT2D eigenvalue weighted by atomic mass is 32.2. The number of benzene rings is 1. The minimum atomic E-state index is -3.85. The molecule has 0 unspecified atom stereocenters. The van der Waals surface area contributed by atoms with Crippen molar-refractivity contribution in [2.24, 2.45) is 5.41 Å². The number of phenolic OH excluding ortho intramolecular Hbond substituents is 1. The van der Waals surface area contributed by atoms with Crippen LogP contribution in [-0.4, -0.2) is 29.9 Å². The van der Waals surface area contributed by atoms with Crippen molar-refractivity contribution in [3.63, 3.8) is 0 Å². The highest BCUT2D eigenvalue weighted by Gasteiger charge is 2.33. The molecule has 0 radical (unpaired) electrons. The molecule has 0 atom stereocenters. The molecule has 0 amide bonds. The van der Waals surface area contributed by atoms with Crippen molar-refractivity contribution in [2.75, 3.05) is 11.3 Å². The molecule has 0 bridgehead atoms. The van der Waals surface area contributed by atoms with Gasteiger partial charge in [0, 0.05) is 11.5 Å². The number of hydrogen-bond donors (Lipinski definition) is 2. The molecular formula is C15H19N3O4S. The summed E-state index contributed by atoms with van der Waals surface area (Å²) in [6, 6.07) is 4.53. The first-order valence-electron chi connectivity index (χ1n) is 7.18. The van der Waals surface area contributed by atoms with Crippen LogP contribution < -0.4 is 9.46 Å². The molecule has 0 spiro atoms. The van der Waals surface area contributed by atoms with Crippen molar-refractivity contribution in [3.8, 4) is 11.6 Å². The van der Waals surface area contributed by atoms with Crippen molar-refractivity contribution in [1.29, 1.82) is 0 Å². The largest absolute Gasteiger partial charge is 0.508 e. The van der Waals surface area contributed by atoms with E-state index in [2.05, 4.69) is 9.82 Å². The predicted molar refractivity (Wildman–Crippen MR) is 85.2 cm³/mol. The van der Waals surface area contributed by atoms with Crippen LogP contribution in [0.5, 0.6) is 11.6 Å². The molecule has 2 aromatic rings. The van der Waals surface area contributed by atoms with E-state index < -0.39 is 10.0 Å². The van der Waals surface area contributed by atoms with Crippen LogP contribution in [0.2, 0.25) is 0 Å². The molecule has 0 aliphatic carbocycles. The van der Waals surface area contributed by atoms with Crippen LogP contribution in [-0.2, 0) is 16.6 Å². The predicted octanol–water partition coefficient (Wildman–Crippen LogP) is 2.12. The van der Waals surface area contributed by atoms with E-state index in [1.54, 1.807) is 23.7 Å². The molecule has 7 nitrogen and oxygen atoms in total. The number of nitrogens with one attached hydrogen (secondary N) is 1. The zero-order valence-corrected chi connectivity index (χ0v) is 14.0. The second-order valence-corrected chi connectivity index (χ2v) is 8.24. The lowest BCUT2D eigenvalue weighted by molar-refractivity contribution is 0.0971. The Morgan fingerprint density at radius 1 is 1.35 bits per heavy atom. The third kappa shape index (κ3) is 3.12. The number of rotatable bonds is 3. The topological polar surface area (TPSA) is 93.5 Å². The number of aromatic nitrogens is 2. The summed E-state index contributed by atoms with van der Waals surface area (Å²) >= 11 is 0. The van der Waals surface area contributed by atoms with Gasteiger partial charge in [-0.05, 0) is 24.6 Å². The second-order valence-electron chi connectivity index (χ2n) is 6.59. The maximum Gasteiger partial charge on any atom is 0.268 e. The molecule has 3 rings (SSSR count). The van der Waals surface area contributed by atoms with Gasteiger partial charge in [-0.1, -0.05) is 13.8 Å². The van der Waals surface area contributed by atoms with Gasteiger partial charge >= 0.3 is 0 Å². The molecule has 0 saturated carbocycles. The summed E-state index contributed by atoms with van der Waals surface area (Å²) in [5.41, 5.74) is 0.937. The van der Waals surface area contributed by atoms with Crippen molar-refractivity contribution >= 4 is 15.7 Å². The van der Waals surface area contributed by atoms with Gasteiger partial charge in [-0.2, -0.15) is 5.10 Å². The normalized spacial score (nSPS) is 16.5. The molecule has 1 aliphatic heterocycles. The highest BCUT2D eigenvalue weighted by Crippen LogP contribution is 2.34. The summed E-state index contributed by atoms with van der Waals surface area (Å²) in [6.45, 7) is 6.83. The number of fused-ring (bicyclic) bond motifs is 1. The van der Waals surface area contributed by atoms with Gasteiger partial charge in [0.05, 0.1) is 25.0 Å². The molecule has 0 fully saturated rings. The van der Waals surface area contributed by atoms with E-state index in [0.717, 1.165) is 5.56 Å². The van der Waals surface area contributed by atoms with E-state index >= 15 is 0 Å². The molecule has 1 aliphatic rings. The maximum atomic E-state index is 12.6. The minimum absolute atomic E-state index is 0.00210. The highest BCUT2D eigenvalue weighted by molar-refractivity contribution is 7.92. The Labute approximate surface area is 134 Å². The van der Waals surface area contributed by atoms with Crippen molar-refractivity contribution < 1.29 is 18.3 Å². The van der Waals surface area contributed by atoms with E-state index in [0.29, 0.717) is 18.8 Å². The standard InChI is InChI=1S/C15H19N3O4S/c1-10-4-11(6-12(19)5-10)17-23(20,21)13-7-16-18-8-15(2,3)9-22-14(13)18/h4-7,17,19H,8-9H2,1-3H3. The number of phenols is 1. The number of aromatic hydroxyl groups is 1. The molecular weight excluding hydrogens is 318 g/mol. The number of ether oxygens (including phenoxy) is 1. The monoisotopic (exact) mass is 337 g/mol. The average Bonchev–Trinajstić information content (AvgIpc) is 2.78. The Morgan fingerprint density at radius 2 is 2.09 bits per heavy atom. The average molecular weight is 337 g/mol. The summed E-state index contributed by atoms with van der Waals surface area (Å²) in [4.78, 5) is -0.00556.